The molecule has 0 radical (unpaired) electrons. The van der Waals surface area contributed by atoms with Crippen LogP contribution in [0.2, 0.25) is 0 Å². The third-order valence-corrected chi connectivity index (χ3v) is 4.01. The molecule has 2 N–H and O–H groups in total. The van der Waals surface area contributed by atoms with Gasteiger partial charge in [0.15, 0.2) is 5.82 Å². The maximum absolute atomic E-state index is 13.8. The highest BCUT2D eigenvalue weighted by atomic mass is 19.1. The van der Waals surface area contributed by atoms with Crippen molar-refractivity contribution in [2.45, 2.75) is 26.7 Å². The Kier molecular flexibility index (Phi) is 5.36. The molecule has 26 heavy (non-hydrogen) atoms. The van der Waals surface area contributed by atoms with Crippen molar-refractivity contribution >= 4 is 23.1 Å². The summed E-state index contributed by atoms with van der Waals surface area (Å²) in [5.74, 6) is -1.01. The molecule has 1 aromatic heterocycles. The number of anilines is 4. The molecule has 0 amide bonds. The molecule has 0 unspecified atom stereocenters. The Morgan fingerprint density at radius 3 is 2.08 bits per heavy atom. The Morgan fingerprint density at radius 1 is 0.846 bits per heavy atom. The number of hydrogen-bond donors (Lipinski definition) is 2. The number of nitrogens with one attached hydrogen (secondary N) is 2. The van der Waals surface area contributed by atoms with Crippen molar-refractivity contribution in [3.63, 3.8) is 0 Å². The van der Waals surface area contributed by atoms with Crippen LogP contribution >= 0.6 is 0 Å². The van der Waals surface area contributed by atoms with Crippen LogP contribution in [-0.2, 0) is 12.8 Å². The molecule has 0 aliphatic carbocycles. The Labute approximate surface area is 150 Å². The lowest BCUT2D eigenvalue weighted by Gasteiger charge is -2.15. The van der Waals surface area contributed by atoms with Gasteiger partial charge in [0.1, 0.15) is 17.3 Å². The quantitative estimate of drug-likeness (QED) is 0.667. The Bertz CT molecular complexity index is 872. The van der Waals surface area contributed by atoms with E-state index >= 15 is 0 Å². The van der Waals surface area contributed by atoms with Crippen molar-refractivity contribution in [1.82, 2.24) is 15.2 Å². The largest absolute Gasteiger partial charge is 0.338 e. The van der Waals surface area contributed by atoms with E-state index in [0.717, 1.165) is 41.8 Å². The van der Waals surface area contributed by atoms with Crippen LogP contribution in [0.3, 0.4) is 0 Å². The number of halogens is 2. The average molecular weight is 355 g/mol. The summed E-state index contributed by atoms with van der Waals surface area (Å²) >= 11 is 0. The standard InChI is InChI=1S/C19H19F2N5/c1-3-12-7-5-8-13(4-2)17(12)23-16-11-22-26-19(24-16)25-18-14(20)9-6-10-15(18)21/h5-11H,3-4H2,1-2H3,(H2,23,24,25,26). The zero-order chi connectivity index (χ0) is 18.5. The van der Waals surface area contributed by atoms with Crippen LogP contribution in [0, 0.1) is 11.6 Å². The van der Waals surface area contributed by atoms with E-state index in [1.165, 1.54) is 12.3 Å². The van der Waals surface area contributed by atoms with Crippen LogP contribution < -0.4 is 10.6 Å². The topological polar surface area (TPSA) is 62.7 Å². The molecule has 0 saturated carbocycles. The molecule has 0 aliphatic heterocycles. The van der Waals surface area contributed by atoms with Gasteiger partial charge in [-0.1, -0.05) is 38.1 Å². The Balaban J connectivity index is 1.89. The van der Waals surface area contributed by atoms with Gasteiger partial charge in [0, 0.05) is 5.69 Å². The van der Waals surface area contributed by atoms with Gasteiger partial charge in [-0.2, -0.15) is 10.1 Å². The predicted molar refractivity (Wildman–Crippen MR) is 97.9 cm³/mol. The highest BCUT2D eigenvalue weighted by Crippen LogP contribution is 2.26. The van der Waals surface area contributed by atoms with E-state index in [4.69, 9.17) is 0 Å². The highest BCUT2D eigenvalue weighted by molar-refractivity contribution is 5.65. The second kappa shape index (κ2) is 7.86. The van der Waals surface area contributed by atoms with Gasteiger partial charge in [-0.3, -0.25) is 0 Å². The molecule has 0 atom stereocenters. The summed E-state index contributed by atoms with van der Waals surface area (Å²) in [4.78, 5) is 4.27. The van der Waals surface area contributed by atoms with Crippen LogP contribution in [0.15, 0.2) is 42.6 Å². The second-order valence-electron chi connectivity index (χ2n) is 5.67. The van der Waals surface area contributed by atoms with Gasteiger partial charge in [-0.25, -0.2) is 8.78 Å². The van der Waals surface area contributed by atoms with Crippen LogP contribution in [0.1, 0.15) is 25.0 Å². The van der Waals surface area contributed by atoms with Gasteiger partial charge in [0.2, 0.25) is 5.95 Å². The first-order chi connectivity index (χ1) is 12.6. The Morgan fingerprint density at radius 2 is 1.46 bits per heavy atom. The van der Waals surface area contributed by atoms with E-state index < -0.39 is 11.6 Å². The third kappa shape index (κ3) is 3.77. The molecule has 134 valence electrons. The number of rotatable bonds is 6. The van der Waals surface area contributed by atoms with Crippen molar-refractivity contribution in [2.75, 3.05) is 10.6 Å². The maximum atomic E-state index is 13.8. The van der Waals surface area contributed by atoms with Gasteiger partial charge < -0.3 is 10.6 Å². The molecular formula is C19H19F2N5. The van der Waals surface area contributed by atoms with E-state index in [1.54, 1.807) is 0 Å². The smallest absolute Gasteiger partial charge is 0.249 e. The van der Waals surface area contributed by atoms with Gasteiger partial charge in [-0.05, 0) is 36.1 Å². The first-order valence-electron chi connectivity index (χ1n) is 8.41. The molecule has 2 aromatic carbocycles. The van der Waals surface area contributed by atoms with E-state index in [0.29, 0.717) is 5.82 Å². The zero-order valence-corrected chi connectivity index (χ0v) is 14.6. The maximum Gasteiger partial charge on any atom is 0.249 e. The number of aromatic nitrogens is 3. The van der Waals surface area contributed by atoms with Crippen molar-refractivity contribution in [1.29, 1.82) is 0 Å². The lowest BCUT2D eigenvalue weighted by atomic mass is 10.0. The molecule has 0 spiro atoms. The molecule has 0 aliphatic rings. The average Bonchev–Trinajstić information content (AvgIpc) is 2.65. The summed E-state index contributed by atoms with van der Waals surface area (Å²) in [7, 11) is 0. The molecule has 3 aromatic rings. The van der Waals surface area contributed by atoms with E-state index in [9.17, 15) is 8.78 Å². The van der Waals surface area contributed by atoms with Crippen molar-refractivity contribution in [3.05, 3.63) is 65.4 Å². The fourth-order valence-corrected chi connectivity index (χ4v) is 2.68. The van der Waals surface area contributed by atoms with Crippen LogP contribution in [0.5, 0.6) is 0 Å². The van der Waals surface area contributed by atoms with Crippen molar-refractivity contribution in [2.24, 2.45) is 0 Å². The van der Waals surface area contributed by atoms with Gasteiger partial charge in [0.05, 0.1) is 6.20 Å². The number of benzene rings is 2. The van der Waals surface area contributed by atoms with E-state index in [1.807, 2.05) is 18.2 Å². The van der Waals surface area contributed by atoms with Gasteiger partial charge in [-0.15, -0.1) is 5.10 Å². The number of hydrogen-bond acceptors (Lipinski definition) is 5. The lowest BCUT2D eigenvalue weighted by molar-refractivity contribution is 0.590. The fourth-order valence-electron chi connectivity index (χ4n) is 2.68. The van der Waals surface area contributed by atoms with Gasteiger partial charge in [0.25, 0.3) is 0 Å². The number of nitrogens with zero attached hydrogens (tertiary/aromatic N) is 3. The molecule has 5 nitrogen and oxygen atoms in total. The summed E-state index contributed by atoms with van der Waals surface area (Å²) in [5.41, 5.74) is 2.96. The second-order valence-corrected chi connectivity index (χ2v) is 5.67. The molecule has 0 bridgehead atoms. The normalized spacial score (nSPS) is 10.6. The minimum atomic E-state index is -0.725. The number of para-hydroxylation sites is 2. The Hall–Kier alpha value is -3.09. The number of aryl methyl sites for hydroxylation is 2. The highest BCUT2D eigenvalue weighted by Gasteiger charge is 2.12. The van der Waals surface area contributed by atoms with Crippen molar-refractivity contribution < 1.29 is 8.78 Å². The molecule has 7 heteroatoms. The first-order valence-corrected chi connectivity index (χ1v) is 8.41. The monoisotopic (exact) mass is 355 g/mol. The summed E-state index contributed by atoms with van der Waals surface area (Å²) in [6, 6.07) is 9.72. The van der Waals surface area contributed by atoms with E-state index in [-0.39, 0.29) is 11.6 Å². The SMILES string of the molecule is CCc1cccc(CC)c1Nc1cnnc(Nc2c(F)cccc2F)n1. The summed E-state index contributed by atoms with van der Waals surface area (Å²) in [6.07, 6.45) is 3.19. The van der Waals surface area contributed by atoms with Crippen molar-refractivity contribution in [3.8, 4) is 0 Å². The van der Waals surface area contributed by atoms with Crippen LogP contribution in [0.4, 0.5) is 31.9 Å². The third-order valence-electron chi connectivity index (χ3n) is 4.01. The molecule has 1 heterocycles. The van der Waals surface area contributed by atoms with Gasteiger partial charge >= 0.3 is 0 Å². The summed E-state index contributed by atoms with van der Waals surface area (Å²) < 4.78 is 27.6. The molecule has 0 fully saturated rings. The molecular weight excluding hydrogens is 336 g/mol. The minimum Gasteiger partial charge on any atom is -0.338 e. The minimum absolute atomic E-state index is 0.00558. The predicted octanol–water partition coefficient (Wildman–Crippen LogP) is 4.76. The summed E-state index contributed by atoms with van der Waals surface area (Å²) in [6.45, 7) is 4.15. The van der Waals surface area contributed by atoms with E-state index in [2.05, 4.69) is 39.7 Å². The summed E-state index contributed by atoms with van der Waals surface area (Å²) in [5, 5.41) is 13.5. The zero-order valence-electron chi connectivity index (χ0n) is 14.6. The van der Waals surface area contributed by atoms with Crippen LogP contribution in [0.25, 0.3) is 0 Å². The first kappa shape index (κ1) is 17.7. The lowest BCUT2D eigenvalue weighted by Crippen LogP contribution is -2.06. The molecule has 3 rings (SSSR count). The van der Waals surface area contributed by atoms with Crippen LogP contribution in [-0.4, -0.2) is 15.2 Å². The molecule has 0 saturated heterocycles. The fraction of sp³-hybridized carbons (Fsp3) is 0.211.